The molecule has 8 heteroatoms. The van der Waals surface area contributed by atoms with Crippen LogP contribution in [0.1, 0.15) is 68.2 Å². The second-order valence-electron chi connectivity index (χ2n) is 4.94. The van der Waals surface area contributed by atoms with Crippen LogP contribution in [0.25, 0.3) is 0 Å². The van der Waals surface area contributed by atoms with E-state index < -0.39 is 16.3 Å². The van der Waals surface area contributed by atoms with Crippen LogP contribution in [0.2, 0.25) is 0 Å². The summed E-state index contributed by atoms with van der Waals surface area (Å²) in [5.41, 5.74) is 0. The summed E-state index contributed by atoms with van der Waals surface area (Å²) in [6.45, 7) is 18.1. The molecule has 2 atom stereocenters. The fraction of sp³-hybridized carbons (Fsp3) is 1.00. The lowest BCUT2D eigenvalue weighted by atomic mass is 10.2. The van der Waals surface area contributed by atoms with Crippen LogP contribution in [0, 0.1) is 5.92 Å². The Labute approximate surface area is 139 Å². The summed E-state index contributed by atoms with van der Waals surface area (Å²) in [4.78, 5) is 8.01. The molecule has 0 rings (SSSR count). The molecule has 2 unspecified atom stereocenters. The molecule has 3 N–H and O–H groups in total. The predicted octanol–water partition coefficient (Wildman–Crippen LogP) is 5.10. The molecule has 138 valence electrons. The van der Waals surface area contributed by atoms with E-state index in [1.54, 1.807) is 20.5 Å². The fourth-order valence-corrected chi connectivity index (χ4v) is 1.30. The van der Waals surface area contributed by atoms with Gasteiger partial charge in [-0.25, -0.2) is 0 Å². The number of hydrogen-bond donors (Lipinski definition) is 1. The molecule has 0 fully saturated rings. The Morgan fingerprint density at radius 1 is 0.955 bits per heavy atom. The summed E-state index contributed by atoms with van der Waals surface area (Å²) >= 11 is 0. The van der Waals surface area contributed by atoms with Crippen molar-refractivity contribution < 1.29 is 28.5 Å². The molecular formula is C14H38O6P2+2. The Bertz CT molecular complexity index is 221. The van der Waals surface area contributed by atoms with Crippen molar-refractivity contribution in [2.24, 2.45) is 5.92 Å². The first-order valence-corrected chi connectivity index (χ1v) is 10.2. The lowest BCUT2D eigenvalue weighted by Crippen LogP contribution is -1.95. The van der Waals surface area contributed by atoms with Crippen molar-refractivity contribution in [3.63, 3.8) is 0 Å². The van der Waals surface area contributed by atoms with Gasteiger partial charge in [-0.15, -0.1) is 13.9 Å². The molecule has 6 nitrogen and oxygen atoms in total. The van der Waals surface area contributed by atoms with Crippen molar-refractivity contribution in [1.82, 2.24) is 0 Å². The van der Waals surface area contributed by atoms with Crippen molar-refractivity contribution in [3.05, 3.63) is 0 Å². The molecule has 0 aromatic heterocycles. The summed E-state index contributed by atoms with van der Waals surface area (Å²) in [5, 5.41) is 0. The number of rotatable bonds is 5. The number of hydrogen-bond acceptors (Lipinski definition) is 4. The largest absolute Gasteiger partial charge is 0.694 e. The minimum atomic E-state index is -2.39. The first-order chi connectivity index (χ1) is 9.58. The minimum Gasteiger partial charge on any atom is -0.412 e. The molecule has 0 saturated carbocycles. The maximum absolute atomic E-state index is 10.3. The van der Waals surface area contributed by atoms with Crippen LogP contribution in [0.15, 0.2) is 0 Å². The molecular weight excluding hydrogens is 326 g/mol. The van der Waals surface area contributed by atoms with Crippen LogP contribution in [0.3, 0.4) is 0 Å². The molecule has 0 heterocycles. The van der Waals surface area contributed by atoms with Gasteiger partial charge in [-0.1, -0.05) is 54.4 Å². The first-order valence-electron chi connectivity index (χ1n) is 7.45. The molecule has 0 saturated heterocycles. The van der Waals surface area contributed by atoms with Gasteiger partial charge in [0.2, 0.25) is 0 Å². The van der Waals surface area contributed by atoms with Gasteiger partial charge in [0.15, 0.2) is 6.66 Å². The molecule has 0 bridgehead atoms. The third kappa shape index (κ3) is 88.9. The van der Waals surface area contributed by atoms with Gasteiger partial charge in [-0.3, -0.25) is 0 Å². The SMILES string of the molecule is CC(C)CO[P+](C)=O.CC(C)O[P+](=O)O.CCC.CCC.O. The second-order valence-corrected chi connectivity index (χ2v) is 6.76. The summed E-state index contributed by atoms with van der Waals surface area (Å²) < 4.78 is 29.1. The van der Waals surface area contributed by atoms with Gasteiger partial charge in [0.25, 0.3) is 0 Å². The van der Waals surface area contributed by atoms with E-state index in [2.05, 4.69) is 32.2 Å². The van der Waals surface area contributed by atoms with Gasteiger partial charge in [0, 0.05) is 4.57 Å². The van der Waals surface area contributed by atoms with Crippen molar-refractivity contribution in [3.8, 4) is 0 Å². The third-order valence-corrected chi connectivity index (χ3v) is 2.01. The Hall–Kier alpha value is 0.0400. The quantitative estimate of drug-likeness (QED) is 0.683. The normalized spacial score (nSPS) is 10.0. The van der Waals surface area contributed by atoms with E-state index in [1.165, 1.54) is 12.8 Å². The minimum absolute atomic E-state index is 0. The molecule has 0 aliphatic rings. The van der Waals surface area contributed by atoms with E-state index in [0.717, 1.165) is 0 Å². The van der Waals surface area contributed by atoms with E-state index in [1.807, 2.05) is 13.8 Å². The van der Waals surface area contributed by atoms with Crippen LogP contribution in [0.5, 0.6) is 0 Å². The predicted molar refractivity (Wildman–Crippen MR) is 95.9 cm³/mol. The first kappa shape index (κ1) is 33.6. The molecule has 0 amide bonds. The van der Waals surface area contributed by atoms with Crippen LogP contribution in [0.4, 0.5) is 0 Å². The third-order valence-electron chi connectivity index (χ3n) is 0.891. The van der Waals surface area contributed by atoms with E-state index in [-0.39, 0.29) is 11.6 Å². The molecule has 22 heavy (non-hydrogen) atoms. The molecule has 0 radical (unpaired) electrons. The Kier molecular flexibility index (Phi) is 44.4. The van der Waals surface area contributed by atoms with Crippen molar-refractivity contribution in [2.75, 3.05) is 13.3 Å². The fourth-order valence-electron chi connectivity index (χ4n) is 0.434. The zero-order chi connectivity index (χ0) is 17.8. The van der Waals surface area contributed by atoms with Crippen LogP contribution in [-0.2, 0) is 18.2 Å². The van der Waals surface area contributed by atoms with Crippen molar-refractivity contribution in [1.29, 1.82) is 0 Å². The maximum atomic E-state index is 10.3. The smallest absolute Gasteiger partial charge is 0.412 e. The maximum Gasteiger partial charge on any atom is 0.694 e. The van der Waals surface area contributed by atoms with Gasteiger partial charge >= 0.3 is 16.3 Å². The summed E-state index contributed by atoms with van der Waals surface area (Å²) in [6.07, 6.45) is 2.34. The van der Waals surface area contributed by atoms with Gasteiger partial charge in [-0.2, -0.15) is 0 Å². The highest BCUT2D eigenvalue weighted by Gasteiger charge is 2.13. The standard InChI is InChI=1S/C5H12O2P.C3H7O3P.2C3H8.H2O/c1-5(2)4-7-8(3)6;1-3(2)6-7(4)5;2*1-3-2;/h5H,4H2,1-3H3;3H,1-2H3;2*3H2,1-2H3;1H2/q+1;;;;/p+1. The van der Waals surface area contributed by atoms with Crippen molar-refractivity contribution >= 4 is 16.3 Å². The highest BCUT2D eigenvalue weighted by molar-refractivity contribution is 7.38. The van der Waals surface area contributed by atoms with E-state index in [9.17, 15) is 9.13 Å². The van der Waals surface area contributed by atoms with Crippen molar-refractivity contribution in [2.45, 2.75) is 74.3 Å². The zero-order valence-electron chi connectivity index (χ0n) is 15.8. The molecule has 0 spiro atoms. The van der Waals surface area contributed by atoms with Gasteiger partial charge < -0.3 is 5.48 Å². The van der Waals surface area contributed by atoms with Crippen LogP contribution < -0.4 is 0 Å². The Morgan fingerprint density at radius 3 is 1.32 bits per heavy atom. The summed E-state index contributed by atoms with van der Waals surface area (Å²) in [7, 11) is -3.77. The van der Waals surface area contributed by atoms with Gasteiger partial charge in [0.05, 0.1) is 0 Å². The lowest BCUT2D eigenvalue weighted by molar-refractivity contribution is 0.222. The lowest BCUT2D eigenvalue weighted by Gasteiger charge is -1.93. The molecule has 0 aliphatic carbocycles. The highest BCUT2D eigenvalue weighted by Crippen LogP contribution is 2.16. The highest BCUT2D eigenvalue weighted by atomic mass is 31.1. The topological polar surface area (TPSA) is 104 Å². The molecule has 0 aliphatic heterocycles. The average Bonchev–Trinajstić information content (AvgIpc) is 2.27. The average molecular weight is 364 g/mol. The molecule has 0 aromatic carbocycles. The van der Waals surface area contributed by atoms with Crippen LogP contribution >= 0.6 is 16.3 Å². The van der Waals surface area contributed by atoms with E-state index in [4.69, 9.17) is 9.42 Å². The van der Waals surface area contributed by atoms with E-state index in [0.29, 0.717) is 12.5 Å². The monoisotopic (exact) mass is 364 g/mol. The Balaban J connectivity index is -0.0000000629. The van der Waals surface area contributed by atoms with E-state index >= 15 is 0 Å². The molecule has 0 aromatic rings. The van der Waals surface area contributed by atoms with Gasteiger partial charge in [0.1, 0.15) is 12.7 Å². The second kappa shape index (κ2) is 29.1. The summed E-state index contributed by atoms with van der Waals surface area (Å²) in [6, 6.07) is 0. The summed E-state index contributed by atoms with van der Waals surface area (Å²) in [5.74, 6) is 0.480. The zero-order valence-corrected chi connectivity index (χ0v) is 17.5. The van der Waals surface area contributed by atoms with Crippen LogP contribution in [-0.4, -0.2) is 29.7 Å². The Morgan fingerprint density at radius 2 is 1.27 bits per heavy atom. The van der Waals surface area contributed by atoms with Gasteiger partial charge in [-0.05, 0) is 24.3 Å².